The van der Waals surface area contributed by atoms with E-state index in [1.807, 2.05) is 0 Å². The SMILES string of the molecule is CNC(=O)C(CCO[Si](C)(C)C(C)(C)C)C(=O)NCc1c(Br)nc(Oc2cccc(OC(F)(F)F)c2)n1Cc1ccc(Cl)cc1. The summed E-state index contributed by atoms with van der Waals surface area (Å²) in [6.45, 7) is 10.9. The van der Waals surface area contributed by atoms with Crippen LogP contribution in [0.15, 0.2) is 53.1 Å². The molecule has 2 amide bonds. The molecule has 1 heterocycles. The van der Waals surface area contributed by atoms with Crippen molar-refractivity contribution in [1.82, 2.24) is 20.2 Å². The third-order valence-corrected chi connectivity index (χ3v) is 12.9. The summed E-state index contributed by atoms with van der Waals surface area (Å²) in [5, 5.41) is 5.88. The number of hydrogen-bond donors (Lipinski definition) is 2. The summed E-state index contributed by atoms with van der Waals surface area (Å²) >= 11 is 9.47. The van der Waals surface area contributed by atoms with Crippen LogP contribution < -0.4 is 20.1 Å². The minimum atomic E-state index is -4.87. The number of nitrogens with one attached hydrogen (secondary N) is 2. The van der Waals surface area contributed by atoms with E-state index in [-0.39, 0.29) is 42.9 Å². The molecule has 2 N–H and O–H groups in total. The molecule has 0 radical (unpaired) electrons. The van der Waals surface area contributed by atoms with Gasteiger partial charge in [0.2, 0.25) is 11.8 Å². The summed E-state index contributed by atoms with van der Waals surface area (Å²) in [6, 6.07) is 12.1. The molecule has 2 aromatic carbocycles. The molecule has 0 saturated carbocycles. The molecule has 9 nitrogen and oxygen atoms in total. The normalized spacial score (nSPS) is 12.9. The largest absolute Gasteiger partial charge is 0.573 e. The van der Waals surface area contributed by atoms with Crippen LogP contribution in [-0.4, -0.2) is 49.7 Å². The number of carbonyl (C=O) groups is 2. The number of imidazole rings is 1. The van der Waals surface area contributed by atoms with Crippen LogP contribution in [-0.2, 0) is 27.1 Å². The Balaban J connectivity index is 1.85. The standard InChI is InChI=1S/C30H37BrClF3N4O5Si/c1-29(2,3)45(5,6)42-15-14-23(26(40)36-4)27(41)37-17-24-25(31)38-28(39(24)18-19-10-12-20(32)13-11-19)43-21-8-7-9-22(16-21)44-30(33,34)35/h7-13,16,23H,14-15,17-18H2,1-6H3,(H,36,40)(H,37,41). The number of hydrogen-bond acceptors (Lipinski definition) is 6. The van der Waals surface area contributed by atoms with Crippen LogP contribution in [0.4, 0.5) is 13.2 Å². The van der Waals surface area contributed by atoms with Gasteiger partial charge in [0.25, 0.3) is 0 Å². The summed E-state index contributed by atoms with van der Waals surface area (Å²) in [5.74, 6) is -2.36. The predicted octanol–water partition coefficient (Wildman–Crippen LogP) is 7.43. The summed E-state index contributed by atoms with van der Waals surface area (Å²) in [5.41, 5.74) is 1.30. The highest BCUT2D eigenvalue weighted by molar-refractivity contribution is 9.10. The lowest BCUT2D eigenvalue weighted by Crippen LogP contribution is -2.44. The maximum absolute atomic E-state index is 13.3. The Morgan fingerprint density at radius 3 is 2.31 bits per heavy atom. The van der Waals surface area contributed by atoms with E-state index in [0.717, 1.165) is 17.7 Å². The number of alkyl halides is 3. The third-order valence-electron chi connectivity index (χ3n) is 7.48. The van der Waals surface area contributed by atoms with Gasteiger partial charge in [0, 0.05) is 24.7 Å². The molecule has 1 atom stereocenters. The van der Waals surface area contributed by atoms with Gasteiger partial charge in [0.1, 0.15) is 22.0 Å². The van der Waals surface area contributed by atoms with E-state index >= 15 is 0 Å². The van der Waals surface area contributed by atoms with E-state index in [0.29, 0.717) is 15.3 Å². The summed E-state index contributed by atoms with van der Waals surface area (Å²) in [4.78, 5) is 30.4. The smallest absolute Gasteiger partial charge is 0.425 e. The Labute approximate surface area is 275 Å². The predicted molar refractivity (Wildman–Crippen MR) is 171 cm³/mol. The Kier molecular flexibility index (Phi) is 12.1. The molecule has 0 bridgehead atoms. The maximum atomic E-state index is 13.3. The first-order valence-corrected chi connectivity index (χ1v) is 18.1. The molecule has 3 aromatic rings. The molecule has 0 aliphatic rings. The lowest BCUT2D eigenvalue weighted by Gasteiger charge is -2.36. The van der Waals surface area contributed by atoms with E-state index in [9.17, 15) is 22.8 Å². The van der Waals surface area contributed by atoms with Crippen LogP contribution in [0.25, 0.3) is 0 Å². The lowest BCUT2D eigenvalue weighted by atomic mass is 10.0. The third kappa shape index (κ3) is 10.5. The number of nitrogens with zero attached hydrogens (tertiary/aromatic N) is 2. The van der Waals surface area contributed by atoms with Gasteiger partial charge in [-0.1, -0.05) is 50.6 Å². The number of halogens is 5. The molecule has 0 saturated heterocycles. The van der Waals surface area contributed by atoms with Gasteiger partial charge >= 0.3 is 12.4 Å². The molecule has 0 fully saturated rings. The van der Waals surface area contributed by atoms with Gasteiger partial charge < -0.3 is 24.5 Å². The zero-order valence-electron chi connectivity index (χ0n) is 25.9. The van der Waals surface area contributed by atoms with Crippen LogP contribution in [0.3, 0.4) is 0 Å². The van der Waals surface area contributed by atoms with E-state index < -0.39 is 38.2 Å². The summed E-state index contributed by atoms with van der Waals surface area (Å²) in [7, 11) is -0.625. The van der Waals surface area contributed by atoms with Gasteiger partial charge in [-0.15, -0.1) is 13.2 Å². The Morgan fingerprint density at radius 1 is 1.07 bits per heavy atom. The zero-order valence-corrected chi connectivity index (χ0v) is 29.2. The fraction of sp³-hybridized carbons (Fsp3) is 0.433. The second kappa shape index (κ2) is 15.0. The van der Waals surface area contributed by atoms with Crippen LogP contribution in [0, 0.1) is 5.92 Å². The fourth-order valence-corrected chi connectivity index (χ4v) is 5.65. The van der Waals surface area contributed by atoms with Crippen molar-refractivity contribution < 1.29 is 36.7 Å². The molecule has 1 aromatic heterocycles. The number of ether oxygens (including phenoxy) is 2. The van der Waals surface area contributed by atoms with Crippen molar-refractivity contribution in [2.45, 2.75) is 64.8 Å². The van der Waals surface area contributed by atoms with Crippen molar-refractivity contribution in [3.05, 3.63) is 69.4 Å². The van der Waals surface area contributed by atoms with Crippen LogP contribution in [0.5, 0.6) is 17.5 Å². The first-order chi connectivity index (χ1) is 20.9. The van der Waals surface area contributed by atoms with Gasteiger partial charge in [-0.2, -0.15) is 4.98 Å². The molecule has 246 valence electrons. The van der Waals surface area contributed by atoms with Gasteiger partial charge in [0.05, 0.1) is 18.8 Å². The molecule has 15 heteroatoms. The average Bonchev–Trinajstić information content (AvgIpc) is 3.22. The van der Waals surface area contributed by atoms with Crippen molar-refractivity contribution in [1.29, 1.82) is 0 Å². The summed E-state index contributed by atoms with van der Waals surface area (Å²) in [6.07, 6.45) is -4.68. The first kappa shape index (κ1) is 36.4. The first-order valence-electron chi connectivity index (χ1n) is 14.1. The minimum absolute atomic E-state index is 0.0288. The lowest BCUT2D eigenvalue weighted by molar-refractivity contribution is -0.274. The maximum Gasteiger partial charge on any atom is 0.573 e. The van der Waals surface area contributed by atoms with E-state index in [1.54, 1.807) is 28.8 Å². The fourth-order valence-electron chi connectivity index (χ4n) is 3.96. The minimum Gasteiger partial charge on any atom is -0.425 e. The highest BCUT2D eigenvalue weighted by Gasteiger charge is 2.38. The van der Waals surface area contributed by atoms with Gasteiger partial charge in [0.15, 0.2) is 8.32 Å². The molecular weight excluding hydrogens is 697 g/mol. The number of rotatable bonds is 13. The Bertz CT molecular complexity index is 1480. The number of amides is 2. The second-order valence-corrected chi connectivity index (χ2v) is 17.7. The molecule has 45 heavy (non-hydrogen) atoms. The molecular formula is C30H37BrClF3N4O5Si. The van der Waals surface area contributed by atoms with Crippen molar-refractivity contribution in [3.8, 4) is 17.5 Å². The van der Waals surface area contributed by atoms with Crippen LogP contribution >= 0.6 is 27.5 Å². The van der Waals surface area contributed by atoms with Crippen molar-refractivity contribution >= 4 is 47.7 Å². The quantitative estimate of drug-likeness (QED) is 0.140. The highest BCUT2D eigenvalue weighted by atomic mass is 79.9. The Morgan fingerprint density at radius 2 is 1.71 bits per heavy atom. The molecule has 0 spiro atoms. The zero-order chi connectivity index (χ0) is 33.6. The highest BCUT2D eigenvalue weighted by Crippen LogP contribution is 2.37. The molecule has 0 aliphatic carbocycles. The second-order valence-electron chi connectivity index (χ2n) is 11.8. The van der Waals surface area contributed by atoms with E-state index in [1.165, 1.54) is 19.2 Å². The molecule has 1 unspecified atom stereocenters. The van der Waals surface area contributed by atoms with Crippen molar-refractivity contribution in [2.24, 2.45) is 5.92 Å². The molecule has 0 aliphatic heterocycles. The van der Waals surface area contributed by atoms with Gasteiger partial charge in [-0.05, 0) is 70.3 Å². The van der Waals surface area contributed by atoms with E-state index in [4.69, 9.17) is 20.8 Å². The summed E-state index contributed by atoms with van der Waals surface area (Å²) < 4.78 is 56.4. The topological polar surface area (TPSA) is 104 Å². The number of benzene rings is 2. The van der Waals surface area contributed by atoms with E-state index in [2.05, 4.69) is 70.1 Å². The molecule has 3 rings (SSSR count). The number of carbonyl (C=O) groups excluding carboxylic acids is 2. The average molecular weight is 734 g/mol. The van der Waals surface area contributed by atoms with Gasteiger partial charge in [-0.3, -0.25) is 14.2 Å². The van der Waals surface area contributed by atoms with Crippen LogP contribution in [0.2, 0.25) is 23.2 Å². The number of aromatic nitrogens is 2. The van der Waals surface area contributed by atoms with Gasteiger partial charge in [-0.25, -0.2) is 0 Å². The Hall–Kier alpha value is -3.07. The van der Waals surface area contributed by atoms with Crippen molar-refractivity contribution in [3.63, 3.8) is 0 Å². The van der Waals surface area contributed by atoms with Crippen molar-refractivity contribution in [2.75, 3.05) is 13.7 Å². The van der Waals surface area contributed by atoms with Crippen LogP contribution in [0.1, 0.15) is 38.4 Å². The monoisotopic (exact) mass is 732 g/mol.